The lowest BCUT2D eigenvalue weighted by Gasteiger charge is -2.06. The second-order valence-corrected chi connectivity index (χ2v) is 3.93. The summed E-state index contributed by atoms with van der Waals surface area (Å²) >= 11 is 0. The molecule has 19 heavy (non-hydrogen) atoms. The zero-order valence-electron chi connectivity index (χ0n) is 10.5. The van der Waals surface area contributed by atoms with E-state index in [0.717, 1.165) is 0 Å². The molecule has 1 heterocycles. The van der Waals surface area contributed by atoms with Crippen LogP contribution in [0.25, 0.3) is 5.69 Å². The molecule has 0 bridgehead atoms. The Hall–Kier alpha value is -2.63. The van der Waals surface area contributed by atoms with Crippen molar-refractivity contribution in [1.82, 2.24) is 9.78 Å². The van der Waals surface area contributed by atoms with Crippen LogP contribution >= 0.6 is 0 Å². The summed E-state index contributed by atoms with van der Waals surface area (Å²) in [5.41, 5.74) is 1.46. The van der Waals surface area contributed by atoms with E-state index in [4.69, 9.17) is 5.11 Å². The number of hydrogen-bond donors (Lipinski definition) is 1. The Morgan fingerprint density at radius 2 is 2.05 bits per heavy atom. The fourth-order valence-corrected chi connectivity index (χ4v) is 1.73. The second kappa shape index (κ2) is 4.93. The maximum Gasteiger partial charge on any atom is 0.354 e. The Morgan fingerprint density at radius 1 is 1.32 bits per heavy atom. The van der Waals surface area contributed by atoms with Gasteiger partial charge in [-0.15, -0.1) is 0 Å². The molecule has 0 aliphatic rings. The summed E-state index contributed by atoms with van der Waals surface area (Å²) in [6.07, 6.45) is 0. The number of carbonyl (C=O) groups is 2. The fourth-order valence-electron chi connectivity index (χ4n) is 1.73. The molecule has 0 fully saturated rings. The number of methoxy groups -OCH3 is 1. The number of aromatic carboxylic acids is 1. The molecule has 1 aromatic carbocycles. The number of aryl methyl sites for hydroxylation is 1. The normalized spacial score (nSPS) is 10.2. The summed E-state index contributed by atoms with van der Waals surface area (Å²) in [6, 6.07) is 7.90. The molecular formula is C13H12N2O4. The lowest BCUT2D eigenvalue weighted by molar-refractivity contribution is 0.0600. The number of hydrogen-bond acceptors (Lipinski definition) is 4. The van der Waals surface area contributed by atoms with Crippen LogP contribution in [0.2, 0.25) is 0 Å². The van der Waals surface area contributed by atoms with Gasteiger partial charge in [-0.2, -0.15) is 5.10 Å². The highest BCUT2D eigenvalue weighted by Crippen LogP contribution is 2.15. The summed E-state index contributed by atoms with van der Waals surface area (Å²) in [5, 5.41) is 13.2. The van der Waals surface area contributed by atoms with Crippen molar-refractivity contribution in [2.75, 3.05) is 7.11 Å². The third kappa shape index (κ3) is 2.47. The van der Waals surface area contributed by atoms with Gasteiger partial charge >= 0.3 is 11.9 Å². The maximum atomic E-state index is 11.5. The third-order valence-electron chi connectivity index (χ3n) is 2.56. The number of aromatic nitrogens is 2. The van der Waals surface area contributed by atoms with Gasteiger partial charge in [0.2, 0.25) is 0 Å². The summed E-state index contributed by atoms with van der Waals surface area (Å²) in [4.78, 5) is 22.6. The number of carboxylic acid groups (broad SMARTS) is 1. The van der Waals surface area contributed by atoms with Crippen molar-refractivity contribution in [3.8, 4) is 5.69 Å². The van der Waals surface area contributed by atoms with Crippen LogP contribution in [0, 0.1) is 6.92 Å². The Morgan fingerprint density at radius 3 is 2.68 bits per heavy atom. The summed E-state index contributed by atoms with van der Waals surface area (Å²) in [7, 11) is 1.29. The predicted octanol–water partition coefficient (Wildman–Crippen LogP) is 1.67. The molecule has 0 aliphatic heterocycles. The van der Waals surface area contributed by atoms with Gasteiger partial charge in [-0.05, 0) is 31.2 Å². The molecule has 1 aromatic heterocycles. The summed E-state index contributed by atoms with van der Waals surface area (Å²) in [6.45, 7) is 1.70. The Bertz CT molecular complexity index is 646. The highest BCUT2D eigenvalue weighted by molar-refractivity contribution is 5.90. The maximum absolute atomic E-state index is 11.5. The molecule has 0 radical (unpaired) electrons. The van der Waals surface area contributed by atoms with Crippen LogP contribution in [0.15, 0.2) is 30.3 Å². The average molecular weight is 260 g/mol. The van der Waals surface area contributed by atoms with E-state index in [1.54, 1.807) is 25.1 Å². The van der Waals surface area contributed by atoms with E-state index in [9.17, 15) is 9.59 Å². The SMILES string of the molecule is COC(=O)c1cccc(-n2nc(C)cc2C(=O)O)c1. The van der Waals surface area contributed by atoms with E-state index in [0.29, 0.717) is 16.9 Å². The van der Waals surface area contributed by atoms with Gasteiger partial charge in [0.25, 0.3) is 0 Å². The molecule has 6 heteroatoms. The molecule has 0 saturated carbocycles. The van der Waals surface area contributed by atoms with Gasteiger partial charge in [-0.25, -0.2) is 14.3 Å². The molecule has 2 aromatic rings. The van der Waals surface area contributed by atoms with Crippen molar-refractivity contribution in [2.45, 2.75) is 6.92 Å². The first kappa shape index (κ1) is 12.8. The lowest BCUT2D eigenvalue weighted by Crippen LogP contribution is -2.09. The number of carboxylic acids is 1. The van der Waals surface area contributed by atoms with Gasteiger partial charge in [-0.3, -0.25) is 0 Å². The molecule has 0 saturated heterocycles. The van der Waals surface area contributed by atoms with Crippen LogP contribution in [0.4, 0.5) is 0 Å². The number of esters is 1. The first-order valence-corrected chi connectivity index (χ1v) is 5.51. The van der Waals surface area contributed by atoms with Gasteiger partial charge in [-0.1, -0.05) is 6.07 Å². The van der Waals surface area contributed by atoms with Crippen molar-refractivity contribution in [3.63, 3.8) is 0 Å². The molecule has 98 valence electrons. The summed E-state index contributed by atoms with van der Waals surface area (Å²) < 4.78 is 5.91. The summed E-state index contributed by atoms with van der Waals surface area (Å²) in [5.74, 6) is -1.56. The van der Waals surface area contributed by atoms with Gasteiger partial charge in [0.1, 0.15) is 0 Å². The van der Waals surface area contributed by atoms with E-state index in [-0.39, 0.29) is 5.69 Å². The molecule has 2 rings (SSSR count). The highest BCUT2D eigenvalue weighted by Gasteiger charge is 2.15. The zero-order chi connectivity index (χ0) is 14.0. The van der Waals surface area contributed by atoms with Crippen LogP contribution in [0.3, 0.4) is 0 Å². The van der Waals surface area contributed by atoms with E-state index in [1.165, 1.54) is 23.9 Å². The number of nitrogens with zero attached hydrogens (tertiary/aromatic N) is 2. The molecule has 0 amide bonds. The van der Waals surface area contributed by atoms with Gasteiger partial charge in [0, 0.05) is 0 Å². The van der Waals surface area contributed by atoms with Crippen LogP contribution in [-0.4, -0.2) is 33.9 Å². The smallest absolute Gasteiger partial charge is 0.354 e. The van der Waals surface area contributed by atoms with Gasteiger partial charge in [0.05, 0.1) is 24.1 Å². The minimum Gasteiger partial charge on any atom is -0.477 e. The van der Waals surface area contributed by atoms with Crippen molar-refractivity contribution in [3.05, 3.63) is 47.3 Å². The monoisotopic (exact) mass is 260 g/mol. The van der Waals surface area contributed by atoms with E-state index in [2.05, 4.69) is 9.84 Å². The van der Waals surface area contributed by atoms with E-state index >= 15 is 0 Å². The van der Waals surface area contributed by atoms with Gasteiger partial charge in [0.15, 0.2) is 5.69 Å². The van der Waals surface area contributed by atoms with E-state index < -0.39 is 11.9 Å². The average Bonchev–Trinajstić information content (AvgIpc) is 2.80. The van der Waals surface area contributed by atoms with Crippen molar-refractivity contribution in [2.24, 2.45) is 0 Å². The molecule has 0 unspecified atom stereocenters. The first-order valence-electron chi connectivity index (χ1n) is 5.51. The van der Waals surface area contributed by atoms with Crippen LogP contribution in [0.1, 0.15) is 26.5 Å². The number of carbonyl (C=O) groups excluding carboxylic acids is 1. The Labute approximate surface area is 109 Å². The molecule has 0 atom stereocenters. The number of benzene rings is 1. The fraction of sp³-hybridized carbons (Fsp3) is 0.154. The third-order valence-corrected chi connectivity index (χ3v) is 2.56. The van der Waals surface area contributed by atoms with Crippen LogP contribution < -0.4 is 0 Å². The van der Waals surface area contributed by atoms with E-state index in [1.807, 2.05) is 0 Å². The minimum absolute atomic E-state index is 0.0412. The lowest BCUT2D eigenvalue weighted by atomic mass is 10.2. The molecule has 1 N–H and O–H groups in total. The van der Waals surface area contributed by atoms with Crippen molar-refractivity contribution >= 4 is 11.9 Å². The zero-order valence-corrected chi connectivity index (χ0v) is 10.5. The predicted molar refractivity (Wildman–Crippen MR) is 66.6 cm³/mol. The van der Waals surface area contributed by atoms with Crippen molar-refractivity contribution in [1.29, 1.82) is 0 Å². The minimum atomic E-state index is -1.08. The molecule has 0 spiro atoms. The Kier molecular flexibility index (Phi) is 3.33. The van der Waals surface area contributed by atoms with Crippen LogP contribution in [-0.2, 0) is 4.74 Å². The van der Waals surface area contributed by atoms with Crippen molar-refractivity contribution < 1.29 is 19.4 Å². The number of rotatable bonds is 3. The topological polar surface area (TPSA) is 81.4 Å². The quantitative estimate of drug-likeness (QED) is 0.849. The largest absolute Gasteiger partial charge is 0.477 e. The van der Waals surface area contributed by atoms with Gasteiger partial charge < -0.3 is 9.84 Å². The highest BCUT2D eigenvalue weighted by atomic mass is 16.5. The molecule has 6 nitrogen and oxygen atoms in total. The standard InChI is InChI=1S/C13H12N2O4/c1-8-6-11(12(16)17)15(14-8)10-5-3-4-9(7-10)13(18)19-2/h3-7H,1-2H3,(H,16,17). The first-order chi connectivity index (χ1) is 9.02. The number of ether oxygens (including phenoxy) is 1. The van der Waals surface area contributed by atoms with Crippen LogP contribution in [0.5, 0.6) is 0 Å². The Balaban J connectivity index is 2.53. The molecule has 0 aliphatic carbocycles. The molecular weight excluding hydrogens is 248 g/mol. The second-order valence-electron chi connectivity index (χ2n) is 3.93.